The van der Waals surface area contributed by atoms with Crippen molar-refractivity contribution in [3.63, 3.8) is 0 Å². The fraction of sp³-hybridized carbons (Fsp3) is 0.562. The lowest BCUT2D eigenvalue weighted by molar-refractivity contribution is -0.145. The molecule has 1 aliphatic rings. The summed E-state index contributed by atoms with van der Waals surface area (Å²) in [6.07, 6.45) is -0.383. The highest BCUT2D eigenvalue weighted by atomic mass is 32.1. The molecule has 0 bridgehead atoms. The maximum absolute atomic E-state index is 12.7. The number of aryl methyl sites for hydroxylation is 1. The second-order valence-electron chi connectivity index (χ2n) is 5.87. The Labute approximate surface area is 144 Å². The number of rotatable bonds is 5. The number of carboxylic acids is 1. The van der Waals surface area contributed by atoms with Crippen molar-refractivity contribution < 1.29 is 24.2 Å². The van der Waals surface area contributed by atoms with Crippen LogP contribution in [-0.4, -0.2) is 71.6 Å². The molecule has 1 aliphatic heterocycles. The van der Waals surface area contributed by atoms with Crippen molar-refractivity contribution in [3.05, 3.63) is 21.4 Å². The third-order valence-electron chi connectivity index (χ3n) is 4.14. The Balaban J connectivity index is 2.03. The SMILES string of the molecule is CC(=O)N(CC(=O)O)CC1CN(C(=O)c2csc(C)c2C)CCO1. The van der Waals surface area contributed by atoms with Crippen LogP contribution in [0.3, 0.4) is 0 Å². The average molecular weight is 354 g/mol. The quantitative estimate of drug-likeness (QED) is 0.857. The third kappa shape index (κ3) is 4.33. The molecule has 8 heteroatoms. The molecule has 7 nitrogen and oxygen atoms in total. The van der Waals surface area contributed by atoms with Crippen molar-refractivity contribution in [2.75, 3.05) is 32.8 Å². The first-order valence-corrected chi connectivity index (χ1v) is 8.60. The molecule has 0 aliphatic carbocycles. The summed E-state index contributed by atoms with van der Waals surface area (Å²) in [5.74, 6) is -1.44. The first-order chi connectivity index (χ1) is 11.3. The molecule has 1 atom stereocenters. The number of nitrogens with zero attached hydrogens (tertiary/aromatic N) is 2. The van der Waals surface area contributed by atoms with Gasteiger partial charge in [-0.3, -0.25) is 14.4 Å². The molecule has 1 saturated heterocycles. The highest BCUT2D eigenvalue weighted by molar-refractivity contribution is 7.10. The number of carboxylic acid groups (broad SMARTS) is 1. The zero-order chi connectivity index (χ0) is 17.9. The molecular formula is C16H22N2O5S. The Morgan fingerprint density at radius 3 is 2.67 bits per heavy atom. The van der Waals surface area contributed by atoms with Crippen molar-refractivity contribution in [3.8, 4) is 0 Å². The molecule has 0 spiro atoms. The highest BCUT2D eigenvalue weighted by Gasteiger charge is 2.29. The minimum Gasteiger partial charge on any atom is -0.480 e. The van der Waals surface area contributed by atoms with E-state index in [0.29, 0.717) is 25.3 Å². The molecule has 24 heavy (non-hydrogen) atoms. The number of thiophene rings is 1. The number of aliphatic carboxylic acids is 1. The number of carbonyl (C=O) groups excluding carboxylic acids is 2. The van der Waals surface area contributed by atoms with E-state index in [1.807, 2.05) is 19.2 Å². The lowest BCUT2D eigenvalue weighted by Gasteiger charge is -2.35. The van der Waals surface area contributed by atoms with E-state index in [2.05, 4.69) is 0 Å². The van der Waals surface area contributed by atoms with E-state index < -0.39 is 5.97 Å². The van der Waals surface area contributed by atoms with E-state index in [4.69, 9.17) is 9.84 Å². The van der Waals surface area contributed by atoms with E-state index in [-0.39, 0.29) is 31.0 Å². The van der Waals surface area contributed by atoms with E-state index >= 15 is 0 Å². The molecule has 1 N–H and O–H groups in total. The summed E-state index contributed by atoms with van der Waals surface area (Å²) in [6.45, 7) is 6.23. The van der Waals surface area contributed by atoms with Crippen LogP contribution in [0.2, 0.25) is 0 Å². The van der Waals surface area contributed by atoms with Crippen LogP contribution in [0.15, 0.2) is 5.38 Å². The maximum Gasteiger partial charge on any atom is 0.323 e. The van der Waals surface area contributed by atoms with Crippen LogP contribution in [0.5, 0.6) is 0 Å². The molecule has 132 valence electrons. The first-order valence-electron chi connectivity index (χ1n) is 7.72. The summed E-state index contributed by atoms with van der Waals surface area (Å²) in [6, 6.07) is 0. The molecule has 0 aromatic carbocycles. The maximum atomic E-state index is 12.7. The van der Waals surface area contributed by atoms with Crippen LogP contribution in [-0.2, 0) is 14.3 Å². The van der Waals surface area contributed by atoms with Crippen molar-refractivity contribution in [2.45, 2.75) is 26.9 Å². The summed E-state index contributed by atoms with van der Waals surface area (Å²) in [7, 11) is 0. The predicted molar refractivity (Wildman–Crippen MR) is 89.3 cm³/mol. The van der Waals surface area contributed by atoms with Gasteiger partial charge in [-0.1, -0.05) is 0 Å². The van der Waals surface area contributed by atoms with Gasteiger partial charge in [0, 0.05) is 36.8 Å². The van der Waals surface area contributed by atoms with Crippen molar-refractivity contribution >= 4 is 29.1 Å². The van der Waals surface area contributed by atoms with Gasteiger partial charge in [0.1, 0.15) is 6.54 Å². The smallest absolute Gasteiger partial charge is 0.323 e. The lowest BCUT2D eigenvalue weighted by atomic mass is 10.1. The zero-order valence-corrected chi connectivity index (χ0v) is 14.9. The molecule has 0 radical (unpaired) electrons. The number of morpholine rings is 1. The van der Waals surface area contributed by atoms with E-state index in [1.165, 1.54) is 11.8 Å². The van der Waals surface area contributed by atoms with Gasteiger partial charge in [-0.25, -0.2) is 0 Å². The number of ether oxygens (including phenoxy) is 1. The first kappa shape index (κ1) is 18.4. The number of amides is 2. The standard InChI is InChI=1S/C16H22N2O5S/c1-10-11(2)24-9-14(10)16(22)17-4-5-23-13(6-17)7-18(12(3)19)8-15(20)21/h9,13H,4-8H2,1-3H3,(H,20,21). The Morgan fingerprint density at radius 1 is 1.42 bits per heavy atom. The lowest BCUT2D eigenvalue weighted by Crippen LogP contribution is -2.51. The number of carbonyl (C=O) groups is 3. The molecule has 2 heterocycles. The van der Waals surface area contributed by atoms with Gasteiger partial charge in [0.25, 0.3) is 5.91 Å². The van der Waals surface area contributed by atoms with Gasteiger partial charge in [0.2, 0.25) is 5.91 Å². The summed E-state index contributed by atoms with van der Waals surface area (Å²) in [5, 5.41) is 10.8. The summed E-state index contributed by atoms with van der Waals surface area (Å²) in [4.78, 5) is 39.2. The largest absolute Gasteiger partial charge is 0.480 e. The van der Waals surface area contributed by atoms with Gasteiger partial charge < -0.3 is 19.6 Å². The number of hydrogen-bond acceptors (Lipinski definition) is 5. The molecule has 0 saturated carbocycles. The average Bonchev–Trinajstić information content (AvgIpc) is 2.85. The molecular weight excluding hydrogens is 332 g/mol. The van der Waals surface area contributed by atoms with Crippen LogP contribution in [0.4, 0.5) is 0 Å². The topological polar surface area (TPSA) is 87.2 Å². The van der Waals surface area contributed by atoms with Gasteiger partial charge in [-0.15, -0.1) is 11.3 Å². The molecule has 1 aromatic heterocycles. The van der Waals surface area contributed by atoms with Crippen LogP contribution in [0.25, 0.3) is 0 Å². The third-order valence-corrected chi connectivity index (χ3v) is 5.15. The Hall–Kier alpha value is -1.93. The van der Waals surface area contributed by atoms with E-state index in [0.717, 1.165) is 10.4 Å². The van der Waals surface area contributed by atoms with E-state index in [9.17, 15) is 14.4 Å². The second-order valence-corrected chi connectivity index (χ2v) is 6.95. The van der Waals surface area contributed by atoms with Crippen LogP contribution in [0.1, 0.15) is 27.7 Å². The van der Waals surface area contributed by atoms with Gasteiger partial charge in [0.15, 0.2) is 0 Å². The fourth-order valence-corrected chi connectivity index (χ4v) is 3.48. The fourth-order valence-electron chi connectivity index (χ4n) is 2.62. The molecule has 1 aromatic rings. The molecule has 2 rings (SSSR count). The zero-order valence-electron chi connectivity index (χ0n) is 14.1. The molecule has 1 fully saturated rings. The Kier molecular flexibility index (Phi) is 5.95. The Morgan fingerprint density at radius 2 is 2.12 bits per heavy atom. The second kappa shape index (κ2) is 7.76. The van der Waals surface area contributed by atoms with Crippen LogP contribution < -0.4 is 0 Å². The normalized spacial score (nSPS) is 17.6. The van der Waals surface area contributed by atoms with Crippen LogP contribution >= 0.6 is 11.3 Å². The molecule has 1 unspecified atom stereocenters. The van der Waals surface area contributed by atoms with Crippen LogP contribution in [0, 0.1) is 13.8 Å². The summed E-state index contributed by atoms with van der Waals surface area (Å²) < 4.78 is 5.61. The minimum absolute atomic E-state index is 0.0437. The summed E-state index contributed by atoms with van der Waals surface area (Å²) >= 11 is 1.55. The highest BCUT2D eigenvalue weighted by Crippen LogP contribution is 2.23. The van der Waals surface area contributed by atoms with Crippen molar-refractivity contribution in [1.82, 2.24) is 9.80 Å². The predicted octanol–water partition coefficient (Wildman–Crippen LogP) is 1.14. The number of hydrogen-bond donors (Lipinski definition) is 1. The minimum atomic E-state index is -1.07. The monoisotopic (exact) mass is 354 g/mol. The Bertz CT molecular complexity index is 642. The van der Waals surface area contributed by atoms with Gasteiger partial charge in [-0.05, 0) is 19.4 Å². The van der Waals surface area contributed by atoms with E-state index in [1.54, 1.807) is 16.2 Å². The van der Waals surface area contributed by atoms with Gasteiger partial charge >= 0.3 is 5.97 Å². The van der Waals surface area contributed by atoms with Gasteiger partial charge in [0.05, 0.1) is 18.3 Å². The van der Waals surface area contributed by atoms with Gasteiger partial charge in [-0.2, -0.15) is 0 Å². The van der Waals surface area contributed by atoms with Crippen molar-refractivity contribution in [1.29, 1.82) is 0 Å². The molecule has 2 amide bonds. The van der Waals surface area contributed by atoms with Crippen molar-refractivity contribution in [2.24, 2.45) is 0 Å². The summed E-state index contributed by atoms with van der Waals surface area (Å²) in [5.41, 5.74) is 1.69.